The third-order valence-corrected chi connectivity index (χ3v) is 5.68. The second kappa shape index (κ2) is 8.80. The van der Waals surface area contributed by atoms with E-state index in [1.54, 1.807) is 24.5 Å². The van der Waals surface area contributed by atoms with Gasteiger partial charge in [0.15, 0.2) is 0 Å². The Balaban J connectivity index is 1.71. The topological polar surface area (TPSA) is 50.8 Å². The number of methoxy groups -OCH3 is 1. The van der Waals surface area contributed by atoms with E-state index in [1.165, 1.54) is 5.56 Å². The Bertz CT molecular complexity index is 702. The highest BCUT2D eigenvalue weighted by Gasteiger charge is 2.24. The van der Waals surface area contributed by atoms with Crippen molar-refractivity contribution in [1.29, 1.82) is 0 Å². The summed E-state index contributed by atoms with van der Waals surface area (Å²) in [7, 11) is 1.59. The van der Waals surface area contributed by atoms with Gasteiger partial charge in [0.1, 0.15) is 5.75 Å². The van der Waals surface area contributed by atoms with Gasteiger partial charge in [-0.1, -0.05) is 0 Å². The molecule has 0 spiro atoms. The number of hydrogen-bond acceptors (Lipinski definition) is 5. The van der Waals surface area contributed by atoms with E-state index in [0.717, 1.165) is 30.8 Å². The number of nitrogens with zero attached hydrogens (tertiary/aromatic N) is 1. The number of ether oxygens (including phenoxy) is 2. The average molecular weight is 425 g/mol. The largest absolute Gasteiger partial charge is 0.497 e. The molecule has 1 N–H and O–H groups in total. The summed E-state index contributed by atoms with van der Waals surface area (Å²) in [6.07, 6.45) is 0. The minimum Gasteiger partial charge on any atom is -0.497 e. The maximum atomic E-state index is 12.7. The number of carbonyl (C=O) groups is 1. The van der Waals surface area contributed by atoms with E-state index in [1.807, 2.05) is 12.1 Å². The van der Waals surface area contributed by atoms with Crippen molar-refractivity contribution in [2.45, 2.75) is 6.04 Å². The fourth-order valence-corrected chi connectivity index (χ4v) is 4.04. The molecule has 5 nitrogen and oxygen atoms in total. The second-order valence-electron chi connectivity index (χ2n) is 5.78. The van der Waals surface area contributed by atoms with Crippen LogP contribution in [0, 0.1) is 0 Å². The predicted molar refractivity (Wildman–Crippen MR) is 102 cm³/mol. The Morgan fingerprint density at radius 3 is 2.88 bits per heavy atom. The van der Waals surface area contributed by atoms with Crippen LogP contribution in [0.3, 0.4) is 0 Å². The molecule has 3 rings (SSSR count). The monoisotopic (exact) mass is 424 g/mol. The molecule has 1 aliphatic rings. The Morgan fingerprint density at radius 2 is 2.20 bits per heavy atom. The van der Waals surface area contributed by atoms with Crippen LogP contribution < -0.4 is 10.1 Å². The zero-order valence-corrected chi connectivity index (χ0v) is 16.4. The van der Waals surface area contributed by atoms with E-state index in [4.69, 9.17) is 9.47 Å². The Morgan fingerprint density at radius 1 is 1.40 bits per heavy atom. The maximum absolute atomic E-state index is 12.7. The molecule has 1 amide bonds. The van der Waals surface area contributed by atoms with Crippen LogP contribution in [0.2, 0.25) is 0 Å². The fraction of sp³-hybridized carbons (Fsp3) is 0.389. The molecule has 2 aromatic rings. The number of thiophene rings is 1. The predicted octanol–water partition coefficient (Wildman–Crippen LogP) is 3.32. The zero-order valence-electron chi connectivity index (χ0n) is 14.0. The van der Waals surface area contributed by atoms with Gasteiger partial charge < -0.3 is 14.8 Å². The van der Waals surface area contributed by atoms with Gasteiger partial charge in [0.2, 0.25) is 0 Å². The molecule has 2 heterocycles. The summed E-state index contributed by atoms with van der Waals surface area (Å²) in [5.74, 6) is 0.551. The van der Waals surface area contributed by atoms with Crippen LogP contribution in [0.25, 0.3) is 0 Å². The molecule has 1 aromatic heterocycles. The first-order valence-electron chi connectivity index (χ1n) is 8.14. The third-order valence-electron chi connectivity index (χ3n) is 4.29. The van der Waals surface area contributed by atoms with Gasteiger partial charge in [0.25, 0.3) is 5.91 Å². The highest BCUT2D eigenvalue weighted by Crippen LogP contribution is 2.25. The van der Waals surface area contributed by atoms with Crippen molar-refractivity contribution in [3.63, 3.8) is 0 Å². The quantitative estimate of drug-likeness (QED) is 0.772. The van der Waals surface area contributed by atoms with Gasteiger partial charge in [-0.15, -0.1) is 0 Å². The average Bonchev–Trinajstić information content (AvgIpc) is 3.17. The molecular formula is C18H21BrN2O3S. The van der Waals surface area contributed by atoms with Crippen molar-refractivity contribution in [3.05, 3.63) is 50.6 Å². The number of amides is 1. The SMILES string of the molecule is COc1ccc(Br)c(C(=O)NCC(c2ccsc2)N2CCOCC2)c1. The first-order chi connectivity index (χ1) is 12.2. The van der Waals surface area contributed by atoms with E-state index in [-0.39, 0.29) is 11.9 Å². The molecule has 25 heavy (non-hydrogen) atoms. The smallest absolute Gasteiger partial charge is 0.252 e. The van der Waals surface area contributed by atoms with Crippen LogP contribution in [0.1, 0.15) is 22.0 Å². The minimum absolute atomic E-state index is 0.112. The highest BCUT2D eigenvalue weighted by molar-refractivity contribution is 9.10. The number of hydrogen-bond donors (Lipinski definition) is 1. The van der Waals surface area contributed by atoms with Crippen LogP contribution in [0.4, 0.5) is 0 Å². The molecule has 1 aliphatic heterocycles. The summed E-state index contributed by atoms with van der Waals surface area (Å²) < 4.78 is 11.4. The Hall–Kier alpha value is -1.41. The van der Waals surface area contributed by atoms with Gasteiger partial charge in [-0.25, -0.2) is 0 Å². The molecule has 7 heteroatoms. The van der Waals surface area contributed by atoms with Crippen molar-refractivity contribution in [1.82, 2.24) is 10.2 Å². The van der Waals surface area contributed by atoms with Crippen LogP contribution in [-0.2, 0) is 4.74 Å². The molecular weight excluding hydrogens is 404 g/mol. The molecule has 0 radical (unpaired) electrons. The second-order valence-corrected chi connectivity index (χ2v) is 7.41. The molecule has 134 valence electrons. The fourth-order valence-electron chi connectivity index (χ4n) is 2.90. The van der Waals surface area contributed by atoms with E-state index in [2.05, 4.69) is 43.0 Å². The van der Waals surface area contributed by atoms with Crippen LogP contribution in [0.5, 0.6) is 5.75 Å². The van der Waals surface area contributed by atoms with Crippen LogP contribution in [-0.4, -0.2) is 50.8 Å². The van der Waals surface area contributed by atoms with Gasteiger partial charge in [0.05, 0.1) is 31.9 Å². The van der Waals surface area contributed by atoms with Crippen molar-refractivity contribution in [3.8, 4) is 5.75 Å². The molecule has 1 fully saturated rings. The summed E-state index contributed by atoms with van der Waals surface area (Å²) >= 11 is 5.12. The van der Waals surface area contributed by atoms with Crippen molar-refractivity contribution in [2.75, 3.05) is 40.0 Å². The standard InChI is InChI=1S/C18H21BrN2O3S/c1-23-14-2-3-16(19)15(10-14)18(22)20-11-17(13-4-9-25-12-13)21-5-7-24-8-6-21/h2-4,9-10,12,17H,5-8,11H2,1H3,(H,20,22). The van der Waals surface area contributed by atoms with E-state index in [0.29, 0.717) is 17.9 Å². The van der Waals surface area contributed by atoms with Gasteiger partial charge in [-0.3, -0.25) is 9.69 Å². The lowest BCUT2D eigenvalue weighted by atomic mass is 10.1. The first-order valence-corrected chi connectivity index (χ1v) is 9.88. The van der Waals surface area contributed by atoms with E-state index < -0.39 is 0 Å². The maximum Gasteiger partial charge on any atom is 0.252 e. The zero-order chi connectivity index (χ0) is 17.6. The molecule has 0 bridgehead atoms. The summed E-state index contributed by atoms with van der Waals surface area (Å²) in [6.45, 7) is 3.77. The number of carbonyl (C=O) groups excluding carboxylic acids is 1. The summed E-state index contributed by atoms with van der Waals surface area (Å²) in [5, 5.41) is 7.29. The number of nitrogens with one attached hydrogen (secondary N) is 1. The summed E-state index contributed by atoms with van der Waals surface area (Å²) in [6, 6.07) is 7.67. The molecule has 0 aliphatic carbocycles. The lowest BCUT2D eigenvalue weighted by molar-refractivity contribution is 0.0163. The number of morpholine rings is 1. The summed E-state index contributed by atoms with van der Waals surface area (Å²) in [5.41, 5.74) is 1.81. The van der Waals surface area contributed by atoms with Gasteiger partial charge in [-0.2, -0.15) is 11.3 Å². The van der Waals surface area contributed by atoms with Gasteiger partial charge >= 0.3 is 0 Å². The molecule has 0 saturated carbocycles. The van der Waals surface area contributed by atoms with Gasteiger partial charge in [-0.05, 0) is 56.5 Å². The Kier molecular flexibility index (Phi) is 6.47. The highest BCUT2D eigenvalue weighted by atomic mass is 79.9. The lowest BCUT2D eigenvalue weighted by Gasteiger charge is -2.34. The minimum atomic E-state index is -0.112. The molecule has 1 unspecified atom stereocenters. The third kappa shape index (κ3) is 4.61. The van der Waals surface area contributed by atoms with Crippen molar-refractivity contribution >= 4 is 33.2 Å². The first kappa shape index (κ1) is 18.4. The van der Waals surface area contributed by atoms with E-state index in [9.17, 15) is 4.79 Å². The van der Waals surface area contributed by atoms with Crippen molar-refractivity contribution in [2.24, 2.45) is 0 Å². The number of benzene rings is 1. The molecule has 1 aromatic carbocycles. The van der Waals surface area contributed by atoms with Crippen molar-refractivity contribution < 1.29 is 14.3 Å². The number of halogens is 1. The molecule has 1 atom stereocenters. The normalized spacial score (nSPS) is 16.4. The van der Waals surface area contributed by atoms with E-state index >= 15 is 0 Å². The van der Waals surface area contributed by atoms with Crippen LogP contribution in [0.15, 0.2) is 39.5 Å². The molecule has 1 saturated heterocycles. The summed E-state index contributed by atoms with van der Waals surface area (Å²) in [4.78, 5) is 15.0. The number of rotatable bonds is 6. The van der Waals surface area contributed by atoms with Gasteiger partial charge in [0, 0.05) is 24.1 Å². The van der Waals surface area contributed by atoms with Crippen LogP contribution >= 0.6 is 27.3 Å². The Labute approximate surface area is 160 Å². The lowest BCUT2D eigenvalue weighted by Crippen LogP contribution is -2.43.